The maximum atomic E-state index is 13.6. The van der Waals surface area contributed by atoms with Gasteiger partial charge in [0.15, 0.2) is 0 Å². The molecular formula is C25H32N8O4. The van der Waals surface area contributed by atoms with Crippen molar-refractivity contribution in [3.05, 3.63) is 60.2 Å². The zero-order chi connectivity index (χ0) is 26.4. The maximum Gasteiger partial charge on any atom is 0.258 e. The van der Waals surface area contributed by atoms with Gasteiger partial charge in [0.05, 0.1) is 18.2 Å². The molecule has 3 atom stereocenters. The Morgan fingerprint density at radius 3 is 2.78 bits per heavy atom. The minimum absolute atomic E-state index is 0.00154. The Morgan fingerprint density at radius 1 is 1.30 bits per heavy atom. The fraction of sp³-hybridized carbons (Fsp3) is 0.440. The summed E-state index contributed by atoms with van der Waals surface area (Å²) in [6.45, 7) is 5.41. The molecule has 37 heavy (non-hydrogen) atoms. The van der Waals surface area contributed by atoms with Crippen molar-refractivity contribution in [1.82, 2.24) is 35.0 Å². The second kappa shape index (κ2) is 11.9. The first-order valence-electron chi connectivity index (χ1n) is 12.1. The van der Waals surface area contributed by atoms with Crippen LogP contribution in [0.2, 0.25) is 0 Å². The fourth-order valence-electron chi connectivity index (χ4n) is 4.29. The number of hydrogen-bond acceptors (Lipinski definition) is 9. The summed E-state index contributed by atoms with van der Waals surface area (Å²) < 4.78 is 7.73. The fourth-order valence-corrected chi connectivity index (χ4v) is 4.29. The highest BCUT2D eigenvalue weighted by Crippen LogP contribution is 2.30. The smallest absolute Gasteiger partial charge is 0.258 e. The highest BCUT2D eigenvalue weighted by molar-refractivity contribution is 5.99. The number of nitrogens with zero attached hydrogens (tertiary/aromatic N) is 7. The number of ether oxygens (including phenoxy) is 1. The van der Waals surface area contributed by atoms with Crippen LogP contribution < -0.4 is 10.1 Å². The molecule has 3 aromatic rings. The third kappa shape index (κ3) is 6.66. The molecule has 0 saturated carbocycles. The summed E-state index contributed by atoms with van der Waals surface area (Å²) in [5.74, 6) is -0.158. The molecule has 2 aromatic heterocycles. The molecule has 0 aliphatic carbocycles. The lowest BCUT2D eigenvalue weighted by atomic mass is 9.99. The topological polar surface area (TPSA) is 139 Å². The molecule has 12 nitrogen and oxygen atoms in total. The first-order valence-corrected chi connectivity index (χ1v) is 12.1. The zero-order valence-electron chi connectivity index (χ0n) is 21.2. The summed E-state index contributed by atoms with van der Waals surface area (Å²) in [7, 11) is 2.03. The highest BCUT2D eigenvalue weighted by Gasteiger charge is 2.33. The largest absolute Gasteiger partial charge is 0.488 e. The van der Waals surface area contributed by atoms with Gasteiger partial charge in [-0.05, 0) is 60.3 Å². The van der Waals surface area contributed by atoms with Crippen LogP contribution in [0, 0.1) is 5.92 Å². The van der Waals surface area contributed by atoms with E-state index in [1.54, 1.807) is 35.5 Å². The molecule has 2 N–H and O–H groups in total. The third-order valence-corrected chi connectivity index (χ3v) is 6.34. The van der Waals surface area contributed by atoms with Crippen LogP contribution in [-0.2, 0) is 17.9 Å². The number of aromatic nitrogens is 5. The maximum absolute atomic E-state index is 13.6. The number of aliphatic hydroxyl groups excluding tert-OH is 1. The Morgan fingerprint density at radius 2 is 2.08 bits per heavy atom. The number of aliphatic hydroxyl groups is 1. The zero-order valence-corrected chi connectivity index (χ0v) is 21.2. The van der Waals surface area contributed by atoms with Gasteiger partial charge in [0.1, 0.15) is 24.7 Å². The number of hydrogen-bond donors (Lipinski definition) is 2. The van der Waals surface area contributed by atoms with Gasteiger partial charge in [-0.25, -0.2) is 4.68 Å². The molecule has 0 spiro atoms. The van der Waals surface area contributed by atoms with Crippen molar-refractivity contribution < 1.29 is 19.4 Å². The molecule has 0 saturated heterocycles. The number of nitrogens with one attached hydrogen (secondary N) is 1. The molecular weight excluding hydrogens is 476 g/mol. The number of benzene rings is 1. The van der Waals surface area contributed by atoms with Crippen molar-refractivity contribution in [3.63, 3.8) is 0 Å². The molecule has 1 aromatic carbocycles. The SMILES string of the molecule is C[C@@H]1CN([C@H](C)CO)C(=O)c2cc(NC(=O)Cn3cnnn3)ccc2O[C@H]1CN(C)Cc1ccncc1. The standard InChI is InChI=1S/C25H32N8O4/c1-17-11-33(18(2)15-34)25(36)21-10-20(28-24(35)14-32-16-27-29-30-32)4-5-22(21)37-23(17)13-31(3)12-19-6-8-26-9-7-19/h4-10,16-18,23,34H,11-15H2,1-3H3,(H,28,35)/t17-,18-,23+/m1/s1. The summed E-state index contributed by atoms with van der Waals surface area (Å²) in [5.41, 5.74) is 1.92. The number of carbonyl (C=O) groups excluding carboxylic acids is 2. The van der Waals surface area contributed by atoms with Crippen molar-refractivity contribution in [2.75, 3.05) is 32.1 Å². The van der Waals surface area contributed by atoms with Crippen LogP contribution in [0.4, 0.5) is 5.69 Å². The first-order chi connectivity index (χ1) is 17.8. The third-order valence-electron chi connectivity index (χ3n) is 6.34. The molecule has 0 unspecified atom stereocenters. The van der Waals surface area contributed by atoms with E-state index in [2.05, 4.69) is 30.7 Å². The number of fused-ring (bicyclic) bond motifs is 1. The minimum Gasteiger partial charge on any atom is -0.488 e. The second-order valence-corrected chi connectivity index (χ2v) is 9.44. The molecule has 196 valence electrons. The van der Waals surface area contributed by atoms with Crippen LogP contribution >= 0.6 is 0 Å². The normalized spacial score (nSPS) is 18.5. The molecule has 3 heterocycles. The van der Waals surface area contributed by atoms with Crippen molar-refractivity contribution in [2.24, 2.45) is 5.92 Å². The predicted molar refractivity (Wildman–Crippen MR) is 135 cm³/mol. The van der Waals surface area contributed by atoms with Crippen LogP contribution in [-0.4, -0.2) is 90.8 Å². The second-order valence-electron chi connectivity index (χ2n) is 9.44. The highest BCUT2D eigenvalue weighted by atomic mass is 16.5. The quantitative estimate of drug-likeness (QED) is 0.434. The molecule has 0 radical (unpaired) electrons. The number of rotatable bonds is 9. The molecule has 0 bridgehead atoms. The van der Waals surface area contributed by atoms with Crippen LogP contribution in [0.1, 0.15) is 29.8 Å². The molecule has 2 amide bonds. The van der Waals surface area contributed by atoms with E-state index in [9.17, 15) is 14.7 Å². The number of amides is 2. The first kappa shape index (κ1) is 26.2. The van der Waals surface area contributed by atoms with Crippen molar-refractivity contribution in [2.45, 2.75) is 39.1 Å². The van der Waals surface area contributed by atoms with Crippen LogP contribution in [0.15, 0.2) is 49.1 Å². The lowest BCUT2D eigenvalue weighted by Gasteiger charge is -2.38. The monoisotopic (exact) mass is 508 g/mol. The Kier molecular flexibility index (Phi) is 8.41. The lowest BCUT2D eigenvalue weighted by molar-refractivity contribution is -0.116. The summed E-state index contributed by atoms with van der Waals surface area (Å²) in [5, 5.41) is 23.4. The number of tetrazole rings is 1. The molecule has 0 fully saturated rings. The van der Waals surface area contributed by atoms with E-state index < -0.39 is 0 Å². The van der Waals surface area contributed by atoms with Crippen LogP contribution in [0.25, 0.3) is 0 Å². The number of likely N-dealkylation sites (N-methyl/N-ethyl adjacent to an activating group) is 1. The lowest BCUT2D eigenvalue weighted by Crippen LogP contribution is -2.49. The van der Waals surface area contributed by atoms with Gasteiger partial charge in [-0.15, -0.1) is 5.10 Å². The Balaban J connectivity index is 1.57. The van der Waals surface area contributed by atoms with E-state index in [1.807, 2.05) is 33.0 Å². The summed E-state index contributed by atoms with van der Waals surface area (Å²) in [4.78, 5) is 33.9. The number of carbonyl (C=O) groups is 2. The summed E-state index contributed by atoms with van der Waals surface area (Å²) in [6.07, 6.45) is 4.67. The van der Waals surface area contributed by atoms with Gasteiger partial charge >= 0.3 is 0 Å². The molecule has 12 heteroatoms. The van der Waals surface area contributed by atoms with Gasteiger partial charge in [-0.2, -0.15) is 0 Å². The van der Waals surface area contributed by atoms with Gasteiger partial charge in [0.2, 0.25) is 5.91 Å². The van der Waals surface area contributed by atoms with Crippen LogP contribution in [0.5, 0.6) is 5.75 Å². The summed E-state index contributed by atoms with van der Waals surface area (Å²) in [6, 6.07) is 8.59. The van der Waals surface area contributed by atoms with E-state index in [0.717, 1.165) is 12.1 Å². The average molecular weight is 509 g/mol. The average Bonchev–Trinajstić information content (AvgIpc) is 3.39. The van der Waals surface area contributed by atoms with Gasteiger partial charge in [0.25, 0.3) is 5.91 Å². The van der Waals surface area contributed by atoms with Gasteiger partial charge in [-0.3, -0.25) is 19.5 Å². The Bertz CT molecular complexity index is 1190. The molecule has 1 aliphatic rings. The number of anilines is 1. The van der Waals surface area contributed by atoms with Crippen molar-refractivity contribution in [1.29, 1.82) is 0 Å². The van der Waals surface area contributed by atoms with Crippen molar-refractivity contribution >= 4 is 17.5 Å². The van der Waals surface area contributed by atoms with E-state index in [0.29, 0.717) is 30.1 Å². The molecule has 1 aliphatic heterocycles. The Hall–Kier alpha value is -3.90. The number of pyridine rings is 1. The van der Waals surface area contributed by atoms with Gasteiger partial charge < -0.3 is 20.1 Å². The van der Waals surface area contributed by atoms with E-state index in [-0.39, 0.29) is 43.0 Å². The van der Waals surface area contributed by atoms with Gasteiger partial charge in [0, 0.05) is 43.6 Å². The predicted octanol–water partition coefficient (Wildman–Crippen LogP) is 1.06. The summed E-state index contributed by atoms with van der Waals surface area (Å²) >= 11 is 0. The van der Waals surface area contributed by atoms with Crippen LogP contribution in [0.3, 0.4) is 0 Å². The van der Waals surface area contributed by atoms with E-state index in [1.165, 1.54) is 11.0 Å². The van der Waals surface area contributed by atoms with Crippen molar-refractivity contribution in [3.8, 4) is 5.75 Å². The Labute approximate surface area is 215 Å². The van der Waals surface area contributed by atoms with E-state index >= 15 is 0 Å². The van der Waals surface area contributed by atoms with E-state index in [4.69, 9.17) is 4.74 Å². The minimum atomic E-state index is -0.380. The van der Waals surface area contributed by atoms with Gasteiger partial charge in [-0.1, -0.05) is 6.92 Å². The molecule has 4 rings (SSSR count).